The highest BCUT2D eigenvalue weighted by atomic mass is 32.1. The minimum atomic E-state index is 0.543. The molecule has 1 unspecified atom stereocenters. The predicted octanol–water partition coefficient (Wildman–Crippen LogP) is 1.92. The van der Waals surface area contributed by atoms with Crippen molar-refractivity contribution in [2.24, 2.45) is 10.7 Å². The lowest BCUT2D eigenvalue weighted by atomic mass is 9.78. The van der Waals surface area contributed by atoms with Crippen LogP contribution in [0.4, 0.5) is 5.13 Å². The van der Waals surface area contributed by atoms with Gasteiger partial charge in [0.15, 0.2) is 11.1 Å². The Hall–Kier alpha value is -2.08. The van der Waals surface area contributed by atoms with Crippen LogP contribution in [0.25, 0.3) is 0 Å². The average molecular weight is 327 g/mol. The lowest BCUT2D eigenvalue weighted by Crippen LogP contribution is -2.51. The Morgan fingerprint density at radius 3 is 2.83 bits per heavy atom. The number of aliphatic imine (C=N–C) groups is 1. The molecule has 0 bridgehead atoms. The van der Waals surface area contributed by atoms with Gasteiger partial charge in [-0.2, -0.15) is 0 Å². The third kappa shape index (κ3) is 2.91. The van der Waals surface area contributed by atoms with Gasteiger partial charge in [0, 0.05) is 50.2 Å². The van der Waals surface area contributed by atoms with Gasteiger partial charge in [-0.3, -0.25) is 4.99 Å². The van der Waals surface area contributed by atoms with Gasteiger partial charge in [-0.05, 0) is 17.5 Å². The first-order valence-electron chi connectivity index (χ1n) is 8.08. The summed E-state index contributed by atoms with van der Waals surface area (Å²) in [7, 11) is 0. The van der Waals surface area contributed by atoms with Crippen molar-refractivity contribution in [3.05, 3.63) is 47.0 Å². The van der Waals surface area contributed by atoms with E-state index in [4.69, 9.17) is 5.73 Å². The van der Waals surface area contributed by atoms with E-state index < -0.39 is 0 Å². The second-order valence-corrected chi connectivity index (χ2v) is 6.96. The van der Waals surface area contributed by atoms with Crippen molar-refractivity contribution >= 4 is 22.4 Å². The third-order valence-electron chi connectivity index (χ3n) is 4.73. The molecule has 5 nitrogen and oxygen atoms in total. The van der Waals surface area contributed by atoms with Gasteiger partial charge in [0.1, 0.15) is 0 Å². The number of fused-ring (bicyclic) bond motifs is 1. The monoisotopic (exact) mass is 327 g/mol. The van der Waals surface area contributed by atoms with Crippen LogP contribution in [0.3, 0.4) is 0 Å². The Morgan fingerprint density at radius 2 is 2.09 bits per heavy atom. The van der Waals surface area contributed by atoms with Gasteiger partial charge in [0.25, 0.3) is 0 Å². The summed E-state index contributed by atoms with van der Waals surface area (Å²) >= 11 is 1.69. The lowest BCUT2D eigenvalue weighted by molar-refractivity contribution is 0.380. The van der Waals surface area contributed by atoms with Crippen molar-refractivity contribution < 1.29 is 0 Å². The van der Waals surface area contributed by atoms with Crippen LogP contribution in [0.15, 0.2) is 40.8 Å². The largest absolute Gasteiger partial charge is 0.370 e. The van der Waals surface area contributed by atoms with E-state index in [9.17, 15) is 0 Å². The van der Waals surface area contributed by atoms with Crippen molar-refractivity contribution in [3.8, 4) is 0 Å². The Morgan fingerprint density at radius 1 is 1.26 bits per heavy atom. The summed E-state index contributed by atoms with van der Waals surface area (Å²) in [5.74, 6) is 1.23. The molecule has 120 valence electrons. The molecule has 1 atom stereocenters. The van der Waals surface area contributed by atoms with Crippen LogP contribution in [0.5, 0.6) is 0 Å². The van der Waals surface area contributed by atoms with Crippen molar-refractivity contribution in [3.63, 3.8) is 0 Å². The summed E-state index contributed by atoms with van der Waals surface area (Å²) < 4.78 is 0. The number of thiazole rings is 1. The average Bonchev–Trinajstić information content (AvgIpc) is 3.10. The molecule has 2 aromatic rings. The number of hydrogen-bond acceptors (Lipinski definition) is 4. The molecule has 0 saturated carbocycles. The number of hydrogen-bond donors (Lipinski definition) is 1. The predicted molar refractivity (Wildman–Crippen MR) is 95.3 cm³/mol. The molecule has 1 aromatic heterocycles. The van der Waals surface area contributed by atoms with Crippen LogP contribution in [0.1, 0.15) is 17.0 Å². The number of rotatable bonds is 3. The molecule has 2 N–H and O–H groups in total. The van der Waals surface area contributed by atoms with Gasteiger partial charge in [-0.1, -0.05) is 24.3 Å². The van der Waals surface area contributed by atoms with Crippen molar-refractivity contribution in [2.75, 3.05) is 37.6 Å². The van der Waals surface area contributed by atoms with E-state index in [1.54, 1.807) is 11.3 Å². The number of benzene rings is 1. The first-order chi connectivity index (χ1) is 11.3. The molecule has 0 spiro atoms. The maximum atomic E-state index is 6.20. The zero-order valence-electron chi connectivity index (χ0n) is 13.1. The van der Waals surface area contributed by atoms with E-state index >= 15 is 0 Å². The molecular weight excluding hydrogens is 306 g/mol. The molecule has 1 aliphatic carbocycles. The van der Waals surface area contributed by atoms with Crippen LogP contribution in [-0.4, -0.2) is 48.6 Å². The van der Waals surface area contributed by atoms with Crippen LogP contribution in [-0.2, 0) is 6.42 Å². The second-order valence-electron chi connectivity index (χ2n) is 6.09. The highest BCUT2D eigenvalue weighted by Gasteiger charge is 2.25. The number of aromatic nitrogens is 1. The van der Waals surface area contributed by atoms with Crippen LogP contribution in [0.2, 0.25) is 0 Å². The van der Waals surface area contributed by atoms with Crippen molar-refractivity contribution in [2.45, 2.75) is 12.3 Å². The van der Waals surface area contributed by atoms with Crippen molar-refractivity contribution in [1.82, 2.24) is 9.88 Å². The van der Waals surface area contributed by atoms with E-state index in [0.717, 1.165) is 44.3 Å². The second kappa shape index (κ2) is 6.20. The van der Waals surface area contributed by atoms with Gasteiger partial charge >= 0.3 is 0 Å². The molecular formula is C17H21N5S. The van der Waals surface area contributed by atoms with Gasteiger partial charge in [-0.15, -0.1) is 11.3 Å². The summed E-state index contributed by atoms with van der Waals surface area (Å²) in [5, 5.41) is 3.12. The zero-order chi connectivity index (χ0) is 15.6. The first kappa shape index (κ1) is 14.5. The highest BCUT2D eigenvalue weighted by Crippen LogP contribution is 2.34. The number of anilines is 1. The van der Waals surface area contributed by atoms with E-state index in [2.05, 4.69) is 44.0 Å². The third-order valence-corrected chi connectivity index (χ3v) is 5.56. The smallest absolute Gasteiger partial charge is 0.191 e. The lowest BCUT2D eigenvalue weighted by Gasteiger charge is -2.35. The van der Waals surface area contributed by atoms with Crippen LogP contribution in [0, 0.1) is 0 Å². The molecule has 1 saturated heterocycles. The van der Waals surface area contributed by atoms with Gasteiger partial charge < -0.3 is 15.5 Å². The van der Waals surface area contributed by atoms with Crippen LogP contribution < -0.4 is 10.6 Å². The molecule has 2 heterocycles. The van der Waals surface area contributed by atoms with E-state index in [1.165, 1.54) is 11.1 Å². The van der Waals surface area contributed by atoms with E-state index in [-0.39, 0.29) is 0 Å². The molecule has 2 aliphatic rings. The molecule has 23 heavy (non-hydrogen) atoms. The molecule has 0 radical (unpaired) electrons. The molecule has 1 fully saturated rings. The number of nitrogens with zero attached hydrogens (tertiary/aromatic N) is 4. The summed E-state index contributed by atoms with van der Waals surface area (Å²) in [4.78, 5) is 13.5. The highest BCUT2D eigenvalue weighted by molar-refractivity contribution is 7.13. The fraction of sp³-hybridized carbons (Fsp3) is 0.412. The standard InChI is InChI=1S/C17H21N5S/c18-16(20-12-14-11-13-3-1-2-4-15(13)14)21-6-8-22(9-7-21)17-19-5-10-23-17/h1-5,10,14H,6-9,11-12H2,(H2,18,20). The fourth-order valence-electron chi connectivity index (χ4n) is 3.33. The topological polar surface area (TPSA) is 57.8 Å². The Labute approximate surface area is 140 Å². The Bertz CT molecular complexity index is 689. The summed E-state index contributed by atoms with van der Waals surface area (Å²) in [6.45, 7) is 4.54. The fourth-order valence-corrected chi connectivity index (χ4v) is 4.03. The normalized spacial score (nSPS) is 21.0. The SMILES string of the molecule is NC(=NCC1Cc2ccccc21)N1CCN(c2nccs2)CC1. The molecule has 4 rings (SSSR count). The molecule has 1 aliphatic heterocycles. The maximum Gasteiger partial charge on any atom is 0.191 e. The summed E-state index contributed by atoms with van der Waals surface area (Å²) in [6, 6.07) is 8.63. The Kier molecular flexibility index (Phi) is 3.91. The van der Waals surface area contributed by atoms with Crippen molar-refractivity contribution in [1.29, 1.82) is 0 Å². The first-order valence-corrected chi connectivity index (χ1v) is 8.96. The van der Waals surface area contributed by atoms with Gasteiger partial charge in [0.05, 0.1) is 0 Å². The van der Waals surface area contributed by atoms with E-state index in [0.29, 0.717) is 11.9 Å². The molecule has 1 aromatic carbocycles. The zero-order valence-corrected chi connectivity index (χ0v) is 13.9. The number of piperazine rings is 1. The minimum Gasteiger partial charge on any atom is -0.370 e. The molecule has 0 amide bonds. The quantitative estimate of drug-likeness (QED) is 0.691. The minimum absolute atomic E-state index is 0.543. The van der Waals surface area contributed by atoms with Crippen LogP contribution >= 0.6 is 11.3 Å². The molecule has 6 heteroatoms. The Balaban J connectivity index is 1.31. The maximum absolute atomic E-state index is 6.20. The number of nitrogens with two attached hydrogens (primary N) is 1. The van der Waals surface area contributed by atoms with Gasteiger partial charge in [-0.25, -0.2) is 4.98 Å². The number of guanidine groups is 1. The van der Waals surface area contributed by atoms with E-state index in [1.807, 2.05) is 11.6 Å². The van der Waals surface area contributed by atoms with Gasteiger partial charge in [0.2, 0.25) is 0 Å². The summed E-state index contributed by atoms with van der Waals surface area (Å²) in [5.41, 5.74) is 9.11. The summed E-state index contributed by atoms with van der Waals surface area (Å²) in [6.07, 6.45) is 2.99.